The van der Waals surface area contributed by atoms with Gasteiger partial charge in [0, 0.05) is 25.9 Å². The summed E-state index contributed by atoms with van der Waals surface area (Å²) in [6.07, 6.45) is 5.29. The first-order valence-electron chi connectivity index (χ1n) is 5.86. The Morgan fingerprint density at radius 2 is 2.29 bits per heavy atom. The molecule has 1 atom stereocenters. The number of rotatable bonds is 5. The Bertz CT molecular complexity index is 494. The number of aromatic nitrogens is 3. The van der Waals surface area contributed by atoms with Gasteiger partial charge in [-0.25, -0.2) is 9.97 Å². The quantitative estimate of drug-likeness (QED) is 0.823. The Kier molecular flexibility index (Phi) is 3.58. The molecule has 0 saturated carbocycles. The summed E-state index contributed by atoms with van der Waals surface area (Å²) >= 11 is 0. The molecule has 0 fully saturated rings. The molecular formula is C12H18N4O. The maximum atomic E-state index is 8.80. The molecule has 0 bridgehead atoms. The van der Waals surface area contributed by atoms with Gasteiger partial charge >= 0.3 is 0 Å². The summed E-state index contributed by atoms with van der Waals surface area (Å²) in [5.74, 6) is 0.813. The third-order valence-corrected chi connectivity index (χ3v) is 2.82. The van der Waals surface area contributed by atoms with Gasteiger partial charge < -0.3 is 15.0 Å². The monoisotopic (exact) mass is 234 g/mol. The molecule has 0 aliphatic rings. The standard InChI is InChI=1S/C12H18N4O/c1-9(4-3-7-17)15-12-11-10(5-6-13-12)16(2)8-14-11/h5-6,8-9,17H,3-4,7H2,1-2H3,(H,13,15). The average molecular weight is 234 g/mol. The molecule has 2 aromatic rings. The molecule has 92 valence electrons. The Labute approximate surface area is 101 Å². The van der Waals surface area contributed by atoms with Crippen molar-refractivity contribution in [3.63, 3.8) is 0 Å². The molecule has 2 heterocycles. The topological polar surface area (TPSA) is 63.0 Å². The minimum atomic E-state index is 0.229. The maximum absolute atomic E-state index is 8.80. The van der Waals surface area contributed by atoms with Crippen LogP contribution in [0.4, 0.5) is 5.82 Å². The van der Waals surface area contributed by atoms with Gasteiger partial charge in [-0.15, -0.1) is 0 Å². The fourth-order valence-corrected chi connectivity index (χ4v) is 1.87. The number of aryl methyl sites for hydroxylation is 1. The van der Waals surface area contributed by atoms with Crippen LogP contribution in [0.25, 0.3) is 11.0 Å². The molecule has 5 heteroatoms. The van der Waals surface area contributed by atoms with Crippen LogP contribution in [-0.4, -0.2) is 32.3 Å². The van der Waals surface area contributed by atoms with Gasteiger partial charge in [-0.05, 0) is 25.8 Å². The van der Waals surface area contributed by atoms with Crippen molar-refractivity contribution in [2.45, 2.75) is 25.8 Å². The van der Waals surface area contributed by atoms with E-state index >= 15 is 0 Å². The maximum Gasteiger partial charge on any atom is 0.154 e. The van der Waals surface area contributed by atoms with Gasteiger partial charge in [-0.3, -0.25) is 0 Å². The third kappa shape index (κ3) is 2.55. The SMILES string of the molecule is CC(CCCO)Nc1nccc2c1ncn2C. The molecule has 2 N–H and O–H groups in total. The first-order chi connectivity index (χ1) is 8.22. The number of nitrogens with one attached hydrogen (secondary N) is 1. The fourth-order valence-electron chi connectivity index (χ4n) is 1.87. The van der Waals surface area contributed by atoms with Gasteiger partial charge in [0.15, 0.2) is 5.82 Å². The molecular weight excluding hydrogens is 216 g/mol. The van der Waals surface area contributed by atoms with Gasteiger partial charge in [0.25, 0.3) is 0 Å². The van der Waals surface area contributed by atoms with Crippen molar-refractivity contribution < 1.29 is 5.11 Å². The molecule has 0 radical (unpaired) electrons. The average Bonchev–Trinajstić information content (AvgIpc) is 2.70. The summed E-state index contributed by atoms with van der Waals surface area (Å²) < 4.78 is 1.97. The van der Waals surface area contributed by atoms with Crippen LogP contribution in [0.2, 0.25) is 0 Å². The van der Waals surface area contributed by atoms with E-state index in [-0.39, 0.29) is 12.6 Å². The van der Waals surface area contributed by atoms with Crippen molar-refractivity contribution in [1.29, 1.82) is 0 Å². The zero-order valence-electron chi connectivity index (χ0n) is 10.2. The van der Waals surface area contributed by atoms with Crippen molar-refractivity contribution in [3.05, 3.63) is 18.6 Å². The Morgan fingerprint density at radius 3 is 3.06 bits per heavy atom. The highest BCUT2D eigenvalue weighted by molar-refractivity contribution is 5.85. The van der Waals surface area contributed by atoms with E-state index in [0.717, 1.165) is 29.7 Å². The molecule has 0 spiro atoms. The second-order valence-electron chi connectivity index (χ2n) is 4.29. The predicted octanol–water partition coefficient (Wildman–Crippen LogP) is 1.54. The van der Waals surface area contributed by atoms with E-state index in [9.17, 15) is 0 Å². The first kappa shape index (κ1) is 11.9. The summed E-state index contributed by atoms with van der Waals surface area (Å²) in [5, 5.41) is 12.1. The van der Waals surface area contributed by atoms with E-state index in [1.165, 1.54) is 0 Å². The fraction of sp³-hybridized carbons (Fsp3) is 0.500. The highest BCUT2D eigenvalue weighted by atomic mass is 16.2. The normalized spacial score (nSPS) is 12.9. The van der Waals surface area contributed by atoms with E-state index in [1.807, 2.05) is 17.7 Å². The van der Waals surface area contributed by atoms with Crippen LogP contribution in [0.15, 0.2) is 18.6 Å². The van der Waals surface area contributed by atoms with Gasteiger partial charge in [0.1, 0.15) is 5.52 Å². The number of anilines is 1. The zero-order valence-corrected chi connectivity index (χ0v) is 10.2. The van der Waals surface area contributed by atoms with Gasteiger partial charge in [0.05, 0.1) is 11.8 Å². The lowest BCUT2D eigenvalue weighted by Crippen LogP contribution is -2.16. The predicted molar refractivity (Wildman–Crippen MR) is 67.9 cm³/mol. The number of fused-ring (bicyclic) bond motifs is 1. The summed E-state index contributed by atoms with van der Waals surface area (Å²) in [7, 11) is 1.97. The highest BCUT2D eigenvalue weighted by Crippen LogP contribution is 2.19. The zero-order chi connectivity index (χ0) is 12.3. The van der Waals surface area contributed by atoms with E-state index < -0.39 is 0 Å². The number of pyridine rings is 1. The van der Waals surface area contributed by atoms with E-state index in [4.69, 9.17) is 5.11 Å². The summed E-state index contributed by atoms with van der Waals surface area (Å²) in [6, 6.07) is 2.23. The van der Waals surface area contributed by atoms with E-state index in [1.54, 1.807) is 12.5 Å². The number of nitrogens with zero attached hydrogens (tertiary/aromatic N) is 3. The molecule has 2 rings (SSSR count). The van der Waals surface area contributed by atoms with E-state index in [2.05, 4.69) is 22.2 Å². The minimum absolute atomic E-state index is 0.229. The molecule has 1 unspecified atom stereocenters. The van der Waals surface area contributed by atoms with Crippen LogP contribution in [0.5, 0.6) is 0 Å². The number of hydrogen-bond donors (Lipinski definition) is 2. The van der Waals surface area contributed by atoms with Gasteiger partial charge in [0.2, 0.25) is 0 Å². The van der Waals surface area contributed by atoms with Crippen molar-refractivity contribution in [2.24, 2.45) is 7.05 Å². The molecule has 5 nitrogen and oxygen atoms in total. The molecule has 0 aliphatic heterocycles. The lowest BCUT2D eigenvalue weighted by Gasteiger charge is -2.13. The molecule has 0 aliphatic carbocycles. The number of imidazole rings is 1. The van der Waals surface area contributed by atoms with Crippen LogP contribution in [0.3, 0.4) is 0 Å². The largest absolute Gasteiger partial charge is 0.396 e. The molecule has 2 aromatic heterocycles. The second kappa shape index (κ2) is 5.14. The number of aliphatic hydroxyl groups excluding tert-OH is 1. The van der Waals surface area contributed by atoms with Crippen molar-refractivity contribution in [2.75, 3.05) is 11.9 Å². The molecule has 0 amide bonds. The summed E-state index contributed by atoms with van der Waals surface area (Å²) in [5.41, 5.74) is 1.96. The smallest absolute Gasteiger partial charge is 0.154 e. The number of aliphatic hydroxyl groups is 1. The van der Waals surface area contributed by atoms with Crippen LogP contribution in [-0.2, 0) is 7.05 Å². The lowest BCUT2D eigenvalue weighted by molar-refractivity contribution is 0.282. The Morgan fingerprint density at radius 1 is 1.47 bits per heavy atom. The van der Waals surface area contributed by atoms with Crippen LogP contribution in [0, 0.1) is 0 Å². The molecule has 0 saturated heterocycles. The third-order valence-electron chi connectivity index (χ3n) is 2.82. The highest BCUT2D eigenvalue weighted by Gasteiger charge is 2.09. The van der Waals surface area contributed by atoms with Gasteiger partial charge in [-0.2, -0.15) is 0 Å². The summed E-state index contributed by atoms with van der Waals surface area (Å²) in [6.45, 7) is 2.31. The van der Waals surface area contributed by atoms with Crippen molar-refractivity contribution in [3.8, 4) is 0 Å². The van der Waals surface area contributed by atoms with Crippen LogP contribution < -0.4 is 5.32 Å². The second-order valence-corrected chi connectivity index (χ2v) is 4.29. The van der Waals surface area contributed by atoms with Crippen LogP contribution in [0.1, 0.15) is 19.8 Å². The Balaban J connectivity index is 2.18. The molecule has 0 aromatic carbocycles. The van der Waals surface area contributed by atoms with E-state index in [0.29, 0.717) is 0 Å². The first-order valence-corrected chi connectivity index (χ1v) is 5.86. The van der Waals surface area contributed by atoms with Crippen molar-refractivity contribution >= 4 is 16.9 Å². The summed E-state index contributed by atoms with van der Waals surface area (Å²) in [4.78, 5) is 8.66. The van der Waals surface area contributed by atoms with Crippen LogP contribution >= 0.6 is 0 Å². The minimum Gasteiger partial charge on any atom is -0.396 e. The van der Waals surface area contributed by atoms with Gasteiger partial charge in [-0.1, -0.05) is 0 Å². The number of hydrogen-bond acceptors (Lipinski definition) is 4. The molecule has 17 heavy (non-hydrogen) atoms. The lowest BCUT2D eigenvalue weighted by atomic mass is 10.2. The Hall–Kier alpha value is -1.62. The van der Waals surface area contributed by atoms with Crippen molar-refractivity contribution in [1.82, 2.24) is 14.5 Å².